The van der Waals surface area contributed by atoms with E-state index in [-0.39, 0.29) is 11.8 Å². The van der Waals surface area contributed by atoms with Gasteiger partial charge in [0.2, 0.25) is 5.91 Å². The lowest BCUT2D eigenvalue weighted by atomic mass is 10.1. The molecular formula is C19H16N4OS. The van der Waals surface area contributed by atoms with Gasteiger partial charge in [0.1, 0.15) is 5.82 Å². The maximum Gasteiger partial charge on any atom is 0.227 e. The van der Waals surface area contributed by atoms with Crippen LogP contribution in [0.4, 0.5) is 5.69 Å². The van der Waals surface area contributed by atoms with Crippen molar-refractivity contribution in [1.82, 2.24) is 14.5 Å². The number of fused-ring (bicyclic) bond motifs is 2. The number of para-hydroxylation sites is 2. The normalized spacial score (nSPS) is 17.9. The summed E-state index contributed by atoms with van der Waals surface area (Å²) in [5.74, 6) is 1.25. The number of aromatic nitrogens is 3. The highest BCUT2D eigenvalue weighted by Crippen LogP contribution is 2.34. The lowest BCUT2D eigenvalue weighted by Crippen LogP contribution is -2.24. The van der Waals surface area contributed by atoms with Crippen LogP contribution >= 0.6 is 11.3 Å². The van der Waals surface area contributed by atoms with Crippen LogP contribution < -0.4 is 4.90 Å². The topological polar surface area (TPSA) is 51.0 Å². The van der Waals surface area contributed by atoms with Crippen molar-refractivity contribution < 1.29 is 4.79 Å². The third-order valence-corrected chi connectivity index (χ3v) is 5.73. The van der Waals surface area contributed by atoms with Crippen molar-refractivity contribution in [2.24, 2.45) is 7.05 Å². The molecule has 1 unspecified atom stereocenters. The largest absolute Gasteiger partial charge is 0.331 e. The fourth-order valence-corrected chi connectivity index (χ4v) is 4.38. The first-order valence-corrected chi connectivity index (χ1v) is 9.13. The number of carbonyl (C=O) groups excluding carboxylic acids is 1. The minimum atomic E-state index is 0.113. The number of carbonyl (C=O) groups is 1. The fourth-order valence-electron chi connectivity index (χ4n) is 3.67. The average Bonchev–Trinajstić information content (AvgIpc) is 3.32. The summed E-state index contributed by atoms with van der Waals surface area (Å²) < 4.78 is 3.22. The third-order valence-electron chi connectivity index (χ3n) is 4.94. The third kappa shape index (κ3) is 2.25. The Morgan fingerprint density at radius 3 is 2.92 bits per heavy atom. The number of imidazole rings is 1. The molecule has 5 rings (SSSR count). The maximum absolute atomic E-state index is 12.6. The van der Waals surface area contributed by atoms with Crippen molar-refractivity contribution in [2.45, 2.75) is 12.3 Å². The Hall–Kier alpha value is -2.73. The predicted octanol–water partition coefficient (Wildman–Crippen LogP) is 3.70. The standard InChI is InChI=1S/C19H16N4OS/c1-22-16-5-3-2-4-14(16)21-19(22)12-8-18(24)23(10-12)13-6-7-15-17(9-13)25-11-20-15/h2-7,9,11-12H,8,10H2,1H3. The van der Waals surface area contributed by atoms with E-state index in [4.69, 9.17) is 4.98 Å². The van der Waals surface area contributed by atoms with Gasteiger partial charge in [0.25, 0.3) is 0 Å². The van der Waals surface area contributed by atoms with Crippen molar-refractivity contribution in [3.8, 4) is 0 Å². The van der Waals surface area contributed by atoms with E-state index >= 15 is 0 Å². The summed E-state index contributed by atoms with van der Waals surface area (Å²) in [5.41, 5.74) is 5.85. The molecule has 25 heavy (non-hydrogen) atoms. The molecule has 3 heterocycles. The number of aryl methyl sites for hydroxylation is 1. The second-order valence-electron chi connectivity index (χ2n) is 6.43. The van der Waals surface area contributed by atoms with Gasteiger partial charge in [-0.3, -0.25) is 4.79 Å². The molecule has 1 aliphatic heterocycles. The molecule has 4 aromatic rings. The monoisotopic (exact) mass is 348 g/mol. The van der Waals surface area contributed by atoms with Gasteiger partial charge in [-0.2, -0.15) is 0 Å². The molecule has 0 saturated carbocycles. The first-order chi connectivity index (χ1) is 12.2. The smallest absolute Gasteiger partial charge is 0.227 e. The van der Waals surface area contributed by atoms with Crippen LogP contribution in [0.1, 0.15) is 18.2 Å². The molecule has 1 aliphatic rings. The number of thiazole rings is 1. The SMILES string of the molecule is Cn1c(C2CC(=O)N(c3ccc4ncsc4c3)C2)nc2ccccc21. The summed E-state index contributed by atoms with van der Waals surface area (Å²) in [6.07, 6.45) is 0.498. The van der Waals surface area contributed by atoms with Crippen LogP contribution in [0.5, 0.6) is 0 Å². The van der Waals surface area contributed by atoms with E-state index in [2.05, 4.69) is 21.7 Å². The van der Waals surface area contributed by atoms with Crippen LogP contribution in [-0.4, -0.2) is 27.0 Å². The number of hydrogen-bond acceptors (Lipinski definition) is 4. The van der Waals surface area contributed by atoms with E-state index in [9.17, 15) is 4.79 Å². The Kier molecular flexibility index (Phi) is 3.15. The molecule has 0 spiro atoms. The number of amides is 1. The highest BCUT2D eigenvalue weighted by molar-refractivity contribution is 7.16. The van der Waals surface area contributed by atoms with Crippen molar-refractivity contribution >= 4 is 44.2 Å². The van der Waals surface area contributed by atoms with E-state index in [0.717, 1.165) is 32.8 Å². The lowest BCUT2D eigenvalue weighted by Gasteiger charge is -2.16. The molecule has 0 bridgehead atoms. The number of rotatable bonds is 2. The van der Waals surface area contributed by atoms with E-state index in [0.29, 0.717) is 13.0 Å². The summed E-state index contributed by atoms with van der Waals surface area (Å²) in [6.45, 7) is 0.667. The zero-order valence-corrected chi connectivity index (χ0v) is 14.5. The van der Waals surface area contributed by atoms with E-state index in [1.54, 1.807) is 11.3 Å². The Morgan fingerprint density at radius 2 is 2.04 bits per heavy atom. The average molecular weight is 348 g/mol. The van der Waals surface area contributed by atoms with Crippen molar-refractivity contribution in [3.63, 3.8) is 0 Å². The minimum absolute atomic E-state index is 0.113. The Balaban J connectivity index is 1.51. The molecule has 0 radical (unpaired) electrons. The summed E-state index contributed by atoms with van der Waals surface area (Å²) in [6, 6.07) is 14.1. The highest BCUT2D eigenvalue weighted by Gasteiger charge is 2.34. The second-order valence-corrected chi connectivity index (χ2v) is 7.31. The number of benzene rings is 2. The minimum Gasteiger partial charge on any atom is -0.331 e. The lowest BCUT2D eigenvalue weighted by molar-refractivity contribution is -0.117. The number of anilines is 1. The molecule has 2 aromatic carbocycles. The quantitative estimate of drug-likeness (QED) is 0.555. The van der Waals surface area contributed by atoms with E-state index in [1.807, 2.05) is 47.8 Å². The van der Waals surface area contributed by atoms with Crippen molar-refractivity contribution in [3.05, 3.63) is 53.8 Å². The molecule has 0 aliphatic carbocycles. The van der Waals surface area contributed by atoms with Gasteiger partial charge in [0.05, 0.1) is 26.8 Å². The molecule has 1 fully saturated rings. The summed E-state index contributed by atoms with van der Waals surface area (Å²) in [5, 5.41) is 0. The second kappa shape index (κ2) is 5.39. The van der Waals surface area contributed by atoms with Gasteiger partial charge in [0, 0.05) is 31.6 Å². The van der Waals surface area contributed by atoms with E-state index < -0.39 is 0 Å². The van der Waals surface area contributed by atoms with Gasteiger partial charge < -0.3 is 9.47 Å². The van der Waals surface area contributed by atoms with Crippen molar-refractivity contribution in [2.75, 3.05) is 11.4 Å². The Labute approximate surface area is 148 Å². The van der Waals surface area contributed by atoms with E-state index in [1.165, 1.54) is 0 Å². The zero-order valence-electron chi connectivity index (χ0n) is 13.7. The van der Waals surface area contributed by atoms with Gasteiger partial charge in [-0.15, -0.1) is 11.3 Å². The molecule has 124 valence electrons. The number of hydrogen-bond donors (Lipinski definition) is 0. The molecule has 1 saturated heterocycles. The first-order valence-electron chi connectivity index (χ1n) is 8.25. The fraction of sp³-hybridized carbons (Fsp3) is 0.211. The molecule has 1 amide bonds. The molecule has 5 nitrogen and oxygen atoms in total. The molecular weight excluding hydrogens is 332 g/mol. The molecule has 1 atom stereocenters. The summed E-state index contributed by atoms with van der Waals surface area (Å²) in [4.78, 5) is 23.6. The Bertz CT molecular complexity index is 1110. The van der Waals surface area contributed by atoms with Crippen LogP contribution in [-0.2, 0) is 11.8 Å². The van der Waals surface area contributed by atoms with Crippen LogP contribution in [0, 0.1) is 0 Å². The molecule has 6 heteroatoms. The van der Waals surface area contributed by atoms with Gasteiger partial charge in [-0.05, 0) is 30.3 Å². The first kappa shape index (κ1) is 14.6. The highest BCUT2D eigenvalue weighted by atomic mass is 32.1. The van der Waals surface area contributed by atoms with Crippen LogP contribution in [0.3, 0.4) is 0 Å². The van der Waals surface area contributed by atoms with Gasteiger partial charge in [0.15, 0.2) is 0 Å². The van der Waals surface area contributed by atoms with Gasteiger partial charge in [-0.25, -0.2) is 9.97 Å². The Morgan fingerprint density at radius 1 is 1.16 bits per heavy atom. The number of nitrogens with zero attached hydrogens (tertiary/aromatic N) is 4. The van der Waals surface area contributed by atoms with Crippen molar-refractivity contribution in [1.29, 1.82) is 0 Å². The molecule has 0 N–H and O–H groups in total. The zero-order chi connectivity index (χ0) is 17.0. The summed E-state index contributed by atoms with van der Waals surface area (Å²) >= 11 is 1.60. The maximum atomic E-state index is 12.6. The van der Waals surface area contributed by atoms with Crippen LogP contribution in [0.15, 0.2) is 48.0 Å². The summed E-state index contributed by atoms with van der Waals surface area (Å²) in [7, 11) is 2.03. The van der Waals surface area contributed by atoms with Gasteiger partial charge >= 0.3 is 0 Å². The van der Waals surface area contributed by atoms with Crippen LogP contribution in [0.25, 0.3) is 21.3 Å². The van der Waals surface area contributed by atoms with Crippen LogP contribution in [0.2, 0.25) is 0 Å². The van der Waals surface area contributed by atoms with Gasteiger partial charge in [-0.1, -0.05) is 12.1 Å². The molecule has 2 aromatic heterocycles. The predicted molar refractivity (Wildman–Crippen MR) is 100 cm³/mol.